The maximum Gasteiger partial charge on any atom is 0.410 e. The first kappa shape index (κ1) is 56.6. The van der Waals surface area contributed by atoms with Crippen LogP contribution in [0.4, 0.5) is 19.7 Å². The van der Waals surface area contributed by atoms with Gasteiger partial charge in [-0.15, -0.1) is 0 Å². The Bertz CT molecular complexity index is 2850. The molecular weight excluding hydrogens is 1000 g/mol. The van der Waals surface area contributed by atoms with E-state index in [1.807, 2.05) is 4.90 Å². The van der Waals surface area contributed by atoms with Crippen LogP contribution in [0.1, 0.15) is 70.1 Å². The fraction of sp³-hybridized carbons (Fsp3) is 0.472. The summed E-state index contributed by atoms with van der Waals surface area (Å²) >= 11 is 0. The number of aromatic nitrogens is 3. The van der Waals surface area contributed by atoms with Crippen molar-refractivity contribution in [1.82, 2.24) is 45.2 Å². The van der Waals surface area contributed by atoms with Crippen molar-refractivity contribution >= 4 is 58.4 Å². The Labute approximate surface area is 444 Å². The SMILES string of the molecule is COc1ccc2ncc(=O)n(CCN3CC[C@@H](N(Cc4cc5c(cn4)OCCO5)C(=O)OCc4ccc(NC(=O)[C@H](CCCNC(N)=O)NC(=O)[C@@H](NC(=O)CCCCCN5C(=O)C=CC5=O)C(C)C)cc4)[C@H](F)C3)c2c1. The number of hydrogen-bond donors (Lipinski definition) is 5. The number of unbranched alkanes of at least 4 members (excludes halogenated alkanes) is 2. The number of rotatable bonds is 25. The predicted molar refractivity (Wildman–Crippen MR) is 278 cm³/mol. The lowest BCUT2D eigenvalue weighted by molar-refractivity contribution is -0.137. The molecule has 0 aliphatic carbocycles. The van der Waals surface area contributed by atoms with Gasteiger partial charge < -0.3 is 50.5 Å². The third-order valence-corrected chi connectivity index (χ3v) is 13.4. The number of imide groups is 1. The van der Waals surface area contributed by atoms with Crippen LogP contribution in [0, 0.1) is 5.92 Å². The van der Waals surface area contributed by atoms with Crippen LogP contribution in [0.2, 0.25) is 0 Å². The third kappa shape index (κ3) is 15.7. The minimum absolute atomic E-state index is 0.0168. The number of halogens is 1. The number of amides is 8. The number of anilines is 1. The molecule has 1 saturated heterocycles. The number of ether oxygens (including phenoxy) is 4. The van der Waals surface area contributed by atoms with Gasteiger partial charge >= 0.3 is 12.1 Å². The molecule has 4 aromatic rings. The summed E-state index contributed by atoms with van der Waals surface area (Å²) in [6.45, 7) is 5.28. The molecule has 8 amide bonds. The molecule has 77 heavy (non-hydrogen) atoms. The maximum absolute atomic E-state index is 16.5. The van der Waals surface area contributed by atoms with Gasteiger partial charge in [0.1, 0.15) is 43.8 Å². The van der Waals surface area contributed by atoms with Gasteiger partial charge in [-0.25, -0.2) is 19.0 Å². The van der Waals surface area contributed by atoms with E-state index in [-0.39, 0.29) is 94.2 Å². The first-order valence-corrected chi connectivity index (χ1v) is 25.7. The topological polar surface area (TPSA) is 288 Å². The van der Waals surface area contributed by atoms with Crippen molar-refractivity contribution < 1.29 is 56.9 Å². The highest BCUT2D eigenvalue weighted by Crippen LogP contribution is 2.31. The molecule has 2 aromatic heterocycles. The number of urea groups is 1. The second-order valence-electron chi connectivity index (χ2n) is 19.2. The van der Waals surface area contributed by atoms with Gasteiger partial charge in [0.25, 0.3) is 17.4 Å². The van der Waals surface area contributed by atoms with E-state index < -0.39 is 48.2 Å². The molecule has 2 aromatic carbocycles. The Morgan fingerprint density at radius 3 is 2.34 bits per heavy atom. The summed E-state index contributed by atoms with van der Waals surface area (Å²) in [7, 11) is 1.54. The molecule has 7 rings (SSSR count). The van der Waals surface area contributed by atoms with Gasteiger partial charge in [-0.05, 0) is 67.9 Å². The number of piperidine rings is 1. The molecule has 0 unspecified atom stereocenters. The summed E-state index contributed by atoms with van der Waals surface area (Å²) < 4.78 is 40.6. The van der Waals surface area contributed by atoms with E-state index in [0.29, 0.717) is 90.8 Å². The summed E-state index contributed by atoms with van der Waals surface area (Å²) in [5, 5.41) is 10.8. The third-order valence-electron chi connectivity index (χ3n) is 13.4. The average molecular weight is 1070 g/mol. The van der Waals surface area contributed by atoms with Crippen molar-refractivity contribution in [1.29, 1.82) is 0 Å². The Hall–Kier alpha value is -8.15. The molecular formula is C53H66FN11O12. The zero-order valence-electron chi connectivity index (χ0n) is 43.4. The molecule has 0 saturated carbocycles. The molecule has 24 heteroatoms. The van der Waals surface area contributed by atoms with E-state index in [9.17, 15) is 38.4 Å². The van der Waals surface area contributed by atoms with E-state index in [2.05, 4.69) is 31.2 Å². The zero-order chi connectivity index (χ0) is 55.0. The minimum atomic E-state index is -1.50. The van der Waals surface area contributed by atoms with Crippen LogP contribution in [0.15, 0.2) is 77.9 Å². The number of carbonyl (C=O) groups is 7. The normalized spacial score (nSPS) is 16.9. The molecule has 5 heterocycles. The number of hydrogen-bond acceptors (Lipinski definition) is 15. The van der Waals surface area contributed by atoms with Crippen LogP contribution >= 0.6 is 0 Å². The number of fused-ring (bicyclic) bond motifs is 2. The van der Waals surface area contributed by atoms with Crippen LogP contribution in [0.5, 0.6) is 17.2 Å². The second-order valence-corrected chi connectivity index (χ2v) is 19.2. The first-order valence-electron chi connectivity index (χ1n) is 25.7. The molecule has 4 atom stereocenters. The lowest BCUT2D eigenvalue weighted by Crippen LogP contribution is -2.54. The van der Waals surface area contributed by atoms with Crippen molar-refractivity contribution in [2.24, 2.45) is 11.7 Å². The van der Waals surface area contributed by atoms with Gasteiger partial charge in [-0.1, -0.05) is 32.4 Å². The number of nitrogens with one attached hydrogen (secondary N) is 4. The van der Waals surface area contributed by atoms with Gasteiger partial charge in [0.15, 0.2) is 11.5 Å². The zero-order valence-corrected chi connectivity index (χ0v) is 43.4. The van der Waals surface area contributed by atoms with Gasteiger partial charge in [0.2, 0.25) is 17.7 Å². The maximum atomic E-state index is 16.5. The summed E-state index contributed by atoms with van der Waals surface area (Å²) in [6.07, 6.45) is 5.15. The van der Waals surface area contributed by atoms with Gasteiger partial charge in [-0.2, -0.15) is 0 Å². The number of nitrogens with two attached hydrogens (primary N) is 1. The van der Waals surface area contributed by atoms with Crippen molar-refractivity contribution in [3.8, 4) is 17.2 Å². The summed E-state index contributed by atoms with van der Waals surface area (Å²) in [5.41, 5.74) is 7.46. The Morgan fingerprint density at radius 1 is 0.870 bits per heavy atom. The number of carbonyl (C=O) groups excluding carboxylic acids is 7. The fourth-order valence-electron chi connectivity index (χ4n) is 9.17. The largest absolute Gasteiger partial charge is 0.497 e. The van der Waals surface area contributed by atoms with Crippen LogP contribution in [0.25, 0.3) is 11.0 Å². The molecule has 0 radical (unpaired) electrons. The lowest BCUT2D eigenvalue weighted by atomic mass is 10.0. The summed E-state index contributed by atoms with van der Waals surface area (Å²) in [5.74, 6) is -1.17. The van der Waals surface area contributed by atoms with Crippen LogP contribution in [-0.4, -0.2) is 148 Å². The van der Waals surface area contributed by atoms with Crippen molar-refractivity contribution in [3.63, 3.8) is 0 Å². The molecule has 412 valence electrons. The number of pyridine rings is 1. The van der Waals surface area contributed by atoms with Crippen molar-refractivity contribution in [2.45, 2.75) is 103 Å². The van der Waals surface area contributed by atoms with Crippen LogP contribution in [0.3, 0.4) is 0 Å². The molecule has 1 fully saturated rings. The number of alkyl halides is 1. The number of primary amides is 1. The molecule has 0 bridgehead atoms. The van der Waals surface area contributed by atoms with E-state index in [4.69, 9.17) is 24.7 Å². The van der Waals surface area contributed by atoms with Gasteiger partial charge in [0.05, 0.1) is 48.8 Å². The van der Waals surface area contributed by atoms with E-state index in [1.165, 1.54) is 36.6 Å². The van der Waals surface area contributed by atoms with E-state index >= 15 is 4.39 Å². The lowest BCUT2D eigenvalue weighted by Gasteiger charge is -2.40. The average Bonchev–Trinajstić information content (AvgIpc) is 3.74. The van der Waals surface area contributed by atoms with Gasteiger partial charge in [-0.3, -0.25) is 48.5 Å². The highest BCUT2D eigenvalue weighted by Gasteiger charge is 2.37. The first-order chi connectivity index (χ1) is 37.1. The number of likely N-dealkylation sites (tertiary alicyclic amines) is 1. The van der Waals surface area contributed by atoms with Gasteiger partial charge in [0, 0.05) is 75.7 Å². The molecule has 6 N–H and O–H groups in total. The number of nitrogens with zero attached hydrogens (tertiary/aromatic N) is 6. The fourth-order valence-corrected chi connectivity index (χ4v) is 9.17. The van der Waals surface area contributed by atoms with Crippen molar-refractivity contribution in [2.75, 3.05) is 58.4 Å². The van der Waals surface area contributed by atoms with Crippen molar-refractivity contribution in [3.05, 3.63) is 94.7 Å². The molecule has 0 spiro atoms. The quantitative estimate of drug-likeness (QED) is 0.0470. The van der Waals surface area contributed by atoms with E-state index in [1.54, 1.807) is 66.9 Å². The Kier molecular flexibility index (Phi) is 19.9. The van der Waals surface area contributed by atoms with Crippen LogP contribution in [-0.2, 0) is 48.4 Å². The molecule has 23 nitrogen and oxygen atoms in total. The Balaban J connectivity index is 0.951. The monoisotopic (exact) mass is 1070 g/mol. The number of methoxy groups -OCH3 is 1. The number of benzene rings is 2. The van der Waals surface area contributed by atoms with E-state index in [0.717, 1.165) is 4.90 Å². The predicted octanol–water partition coefficient (Wildman–Crippen LogP) is 3.32. The summed E-state index contributed by atoms with van der Waals surface area (Å²) in [4.78, 5) is 116. The highest BCUT2D eigenvalue weighted by molar-refractivity contribution is 6.12. The highest BCUT2D eigenvalue weighted by atomic mass is 19.1. The molecule has 3 aliphatic heterocycles. The van der Waals surface area contributed by atoms with Crippen LogP contribution < -0.4 is 46.8 Å². The molecule has 3 aliphatic rings. The minimum Gasteiger partial charge on any atom is -0.497 e. The second kappa shape index (κ2) is 27.1. The Morgan fingerprint density at radius 2 is 1.62 bits per heavy atom. The summed E-state index contributed by atoms with van der Waals surface area (Å²) in [6, 6.07) is 9.64. The standard InChI is InChI=1S/C53H66FN11O12/c1-33(2)49(61-45(66)9-5-4-6-20-64-46(67)16-17-47(64)68)51(71)60-40(8-7-19-56-52(55)72)50(70)59-35-12-10-34(11-13-35)32-77-53(73)65(30-36-26-43-44(28-57-36)76-25-24-75-43)41-18-21-62(31-38(41)54)22-23-63-42-27-37(74-3)14-15-39(42)58-29-48(63)69/h10-17,26-29,33,38,40-41,49H,4-9,18-25,30-32H2,1-3H3,(H,59,70)(H,60,71)(H,61,66)(H3,55,56,72)/t38-,40+,41-,49+/m1/s1. The smallest absolute Gasteiger partial charge is 0.410 e.